The summed E-state index contributed by atoms with van der Waals surface area (Å²) in [5.74, 6) is 0.937. The molecule has 1 aromatic carbocycles. The molecule has 1 aliphatic rings. The highest BCUT2D eigenvalue weighted by Crippen LogP contribution is 2.43. The molecule has 0 aliphatic heterocycles. The standard InChI is InChI=1S/C14H18N2S/c1-16(10-14(11-17)7-4-8-14)13-6-3-2-5-12(13)9-15/h2-3,5-6,17H,4,7-8,10-11H2,1H3. The third-order valence-electron chi connectivity index (χ3n) is 3.76. The molecule has 0 spiro atoms. The van der Waals surface area contributed by atoms with E-state index in [9.17, 15) is 0 Å². The molecule has 3 heteroatoms. The summed E-state index contributed by atoms with van der Waals surface area (Å²) in [6.07, 6.45) is 3.83. The van der Waals surface area contributed by atoms with Crippen LogP contribution >= 0.6 is 12.6 Å². The van der Waals surface area contributed by atoms with Crippen LogP contribution in [0.15, 0.2) is 24.3 Å². The maximum absolute atomic E-state index is 9.10. The Morgan fingerprint density at radius 3 is 2.65 bits per heavy atom. The SMILES string of the molecule is CN(CC1(CS)CCC1)c1ccccc1C#N. The van der Waals surface area contributed by atoms with Gasteiger partial charge < -0.3 is 4.90 Å². The average molecular weight is 246 g/mol. The predicted octanol–water partition coefficient (Wildman–Crippen LogP) is 3.09. The zero-order valence-corrected chi connectivity index (χ0v) is 11.1. The van der Waals surface area contributed by atoms with Gasteiger partial charge in [0.2, 0.25) is 0 Å². The van der Waals surface area contributed by atoms with Crippen molar-refractivity contribution in [3.8, 4) is 6.07 Å². The van der Waals surface area contributed by atoms with Gasteiger partial charge in [-0.25, -0.2) is 0 Å². The fourth-order valence-corrected chi connectivity index (χ4v) is 2.95. The number of hydrogen-bond donors (Lipinski definition) is 1. The first-order valence-corrected chi connectivity index (χ1v) is 6.65. The maximum atomic E-state index is 9.10. The zero-order chi connectivity index (χ0) is 12.3. The highest BCUT2D eigenvalue weighted by molar-refractivity contribution is 7.80. The molecule has 17 heavy (non-hydrogen) atoms. The van der Waals surface area contributed by atoms with E-state index < -0.39 is 0 Å². The highest BCUT2D eigenvalue weighted by Gasteiger charge is 2.36. The molecular formula is C14H18N2S. The van der Waals surface area contributed by atoms with Gasteiger partial charge in [0.05, 0.1) is 11.3 Å². The summed E-state index contributed by atoms with van der Waals surface area (Å²) in [7, 11) is 2.07. The lowest BCUT2D eigenvalue weighted by Crippen LogP contribution is -2.42. The molecule has 0 aromatic heterocycles. The van der Waals surface area contributed by atoms with E-state index in [1.807, 2.05) is 24.3 Å². The van der Waals surface area contributed by atoms with Crippen molar-refractivity contribution in [2.45, 2.75) is 19.3 Å². The molecule has 0 heterocycles. The van der Waals surface area contributed by atoms with Crippen molar-refractivity contribution in [1.82, 2.24) is 0 Å². The van der Waals surface area contributed by atoms with Gasteiger partial charge in [-0.1, -0.05) is 18.6 Å². The van der Waals surface area contributed by atoms with Crippen LogP contribution in [-0.2, 0) is 0 Å². The Morgan fingerprint density at radius 2 is 2.12 bits per heavy atom. The van der Waals surface area contributed by atoms with E-state index in [2.05, 4.69) is 30.6 Å². The van der Waals surface area contributed by atoms with Gasteiger partial charge in [0, 0.05) is 13.6 Å². The Hall–Kier alpha value is -1.14. The minimum atomic E-state index is 0.362. The monoisotopic (exact) mass is 246 g/mol. The highest BCUT2D eigenvalue weighted by atomic mass is 32.1. The van der Waals surface area contributed by atoms with E-state index in [0.29, 0.717) is 5.41 Å². The van der Waals surface area contributed by atoms with Gasteiger partial charge in [0.25, 0.3) is 0 Å². The summed E-state index contributed by atoms with van der Waals surface area (Å²) in [4.78, 5) is 2.20. The Kier molecular flexibility index (Phi) is 3.63. The van der Waals surface area contributed by atoms with Gasteiger partial charge in [-0.15, -0.1) is 0 Å². The second-order valence-corrected chi connectivity index (χ2v) is 5.31. The summed E-state index contributed by atoms with van der Waals surface area (Å²) in [6, 6.07) is 10.0. The van der Waals surface area contributed by atoms with Crippen molar-refractivity contribution in [1.29, 1.82) is 5.26 Å². The molecule has 2 rings (SSSR count). The summed E-state index contributed by atoms with van der Waals surface area (Å²) in [6.45, 7) is 0.995. The van der Waals surface area contributed by atoms with E-state index in [4.69, 9.17) is 5.26 Å². The number of rotatable bonds is 4. The van der Waals surface area contributed by atoms with Gasteiger partial charge in [-0.2, -0.15) is 17.9 Å². The van der Waals surface area contributed by atoms with Crippen molar-refractivity contribution in [3.63, 3.8) is 0 Å². The maximum Gasteiger partial charge on any atom is 0.101 e. The van der Waals surface area contributed by atoms with Crippen molar-refractivity contribution >= 4 is 18.3 Å². The molecule has 0 atom stereocenters. The Balaban J connectivity index is 2.14. The third-order valence-corrected chi connectivity index (χ3v) is 4.43. The second kappa shape index (κ2) is 5.01. The second-order valence-electron chi connectivity index (χ2n) is 5.00. The third kappa shape index (κ3) is 2.42. The lowest BCUT2D eigenvalue weighted by Gasteiger charge is -2.44. The van der Waals surface area contributed by atoms with Crippen LogP contribution in [0.2, 0.25) is 0 Å². The Morgan fingerprint density at radius 1 is 1.41 bits per heavy atom. The van der Waals surface area contributed by atoms with Crippen LogP contribution in [0, 0.1) is 16.7 Å². The summed E-state index contributed by atoms with van der Waals surface area (Å²) >= 11 is 4.48. The van der Waals surface area contributed by atoms with Crippen molar-refractivity contribution in [2.75, 3.05) is 24.2 Å². The molecule has 0 unspecified atom stereocenters. The number of para-hydroxylation sites is 1. The first-order chi connectivity index (χ1) is 8.21. The van der Waals surface area contributed by atoms with Gasteiger partial charge in [-0.3, -0.25) is 0 Å². The zero-order valence-electron chi connectivity index (χ0n) is 10.2. The fourth-order valence-electron chi connectivity index (χ4n) is 2.53. The minimum Gasteiger partial charge on any atom is -0.373 e. The molecule has 1 fully saturated rings. The molecule has 1 aliphatic carbocycles. The molecular weight excluding hydrogens is 228 g/mol. The lowest BCUT2D eigenvalue weighted by molar-refractivity contribution is 0.178. The number of thiol groups is 1. The quantitative estimate of drug-likeness (QED) is 0.827. The van der Waals surface area contributed by atoms with Crippen LogP contribution in [0.1, 0.15) is 24.8 Å². The van der Waals surface area contributed by atoms with E-state index in [1.165, 1.54) is 19.3 Å². The van der Waals surface area contributed by atoms with Crippen LogP contribution in [0.5, 0.6) is 0 Å². The van der Waals surface area contributed by atoms with Crippen molar-refractivity contribution in [3.05, 3.63) is 29.8 Å². The number of benzene rings is 1. The largest absolute Gasteiger partial charge is 0.373 e. The molecule has 2 nitrogen and oxygen atoms in total. The van der Waals surface area contributed by atoms with Gasteiger partial charge in [-0.05, 0) is 36.1 Å². The lowest BCUT2D eigenvalue weighted by atomic mass is 9.70. The molecule has 0 amide bonds. The number of hydrogen-bond acceptors (Lipinski definition) is 3. The summed E-state index contributed by atoms with van der Waals surface area (Å²) < 4.78 is 0. The normalized spacial score (nSPS) is 17.0. The number of nitrogens with zero attached hydrogens (tertiary/aromatic N) is 2. The van der Waals surface area contributed by atoms with Gasteiger partial charge >= 0.3 is 0 Å². The molecule has 0 N–H and O–H groups in total. The Labute approximate surface area is 109 Å². The van der Waals surface area contributed by atoms with E-state index in [-0.39, 0.29) is 0 Å². The fraction of sp³-hybridized carbons (Fsp3) is 0.500. The van der Waals surface area contributed by atoms with E-state index in [1.54, 1.807) is 0 Å². The van der Waals surface area contributed by atoms with Crippen LogP contribution in [0.3, 0.4) is 0 Å². The smallest absolute Gasteiger partial charge is 0.101 e. The molecule has 90 valence electrons. The van der Waals surface area contributed by atoms with Crippen LogP contribution in [-0.4, -0.2) is 19.3 Å². The van der Waals surface area contributed by atoms with E-state index in [0.717, 1.165) is 23.5 Å². The molecule has 0 saturated heterocycles. The van der Waals surface area contributed by atoms with Gasteiger partial charge in [0.15, 0.2) is 0 Å². The first-order valence-electron chi connectivity index (χ1n) is 6.02. The van der Waals surface area contributed by atoms with Gasteiger partial charge in [0.1, 0.15) is 6.07 Å². The average Bonchev–Trinajstić information content (AvgIpc) is 2.33. The number of nitriles is 1. The molecule has 0 bridgehead atoms. The molecule has 0 radical (unpaired) electrons. The summed E-state index contributed by atoms with van der Waals surface area (Å²) in [5, 5.41) is 9.10. The first kappa shape index (κ1) is 12.3. The van der Waals surface area contributed by atoms with Crippen LogP contribution < -0.4 is 4.90 Å². The van der Waals surface area contributed by atoms with Crippen LogP contribution in [0.25, 0.3) is 0 Å². The summed E-state index contributed by atoms with van der Waals surface area (Å²) in [5.41, 5.74) is 2.15. The molecule has 1 aromatic rings. The minimum absolute atomic E-state index is 0.362. The predicted molar refractivity (Wildman–Crippen MR) is 74.6 cm³/mol. The van der Waals surface area contributed by atoms with Crippen molar-refractivity contribution in [2.24, 2.45) is 5.41 Å². The van der Waals surface area contributed by atoms with E-state index >= 15 is 0 Å². The van der Waals surface area contributed by atoms with Crippen molar-refractivity contribution < 1.29 is 0 Å². The number of anilines is 1. The Bertz CT molecular complexity index is 427. The molecule has 1 saturated carbocycles. The topological polar surface area (TPSA) is 27.0 Å². The van der Waals surface area contributed by atoms with Crippen LogP contribution in [0.4, 0.5) is 5.69 Å².